The summed E-state index contributed by atoms with van der Waals surface area (Å²) in [4.78, 5) is -0.414. The highest BCUT2D eigenvalue weighted by atomic mass is 32.2. The molecule has 0 bridgehead atoms. The van der Waals surface area contributed by atoms with Gasteiger partial charge in [-0.15, -0.1) is 0 Å². The van der Waals surface area contributed by atoms with Crippen LogP contribution in [-0.2, 0) is 0 Å². The molecule has 20 heavy (non-hydrogen) atoms. The highest BCUT2D eigenvalue weighted by molar-refractivity contribution is 8.00. The molecule has 2 N–H and O–H groups in total. The van der Waals surface area contributed by atoms with Crippen molar-refractivity contribution >= 4 is 17.4 Å². The predicted octanol–water partition coefficient (Wildman–Crippen LogP) is 4.77. The van der Waals surface area contributed by atoms with E-state index in [1.54, 1.807) is 0 Å². The molecule has 0 saturated heterocycles. The Kier molecular flexibility index (Phi) is 4.24. The smallest absolute Gasteiger partial charge is 0.398 e. The molecule has 0 spiro atoms. The molecular formula is C11H10F7NS. The zero-order valence-electron chi connectivity index (χ0n) is 10.3. The monoisotopic (exact) mass is 321 g/mol. The number of hydrogen-bond donors (Lipinski definition) is 1. The van der Waals surface area contributed by atoms with Gasteiger partial charge in [-0.2, -0.15) is 30.7 Å². The van der Waals surface area contributed by atoms with Gasteiger partial charge >= 0.3 is 17.4 Å². The van der Waals surface area contributed by atoms with Crippen molar-refractivity contribution in [1.29, 1.82) is 0 Å². The highest BCUT2D eigenvalue weighted by Gasteiger charge is 2.73. The number of benzene rings is 1. The third-order valence-corrected chi connectivity index (χ3v) is 3.52. The molecule has 0 amide bonds. The average molecular weight is 321 g/mol. The molecule has 114 valence electrons. The lowest BCUT2D eigenvalue weighted by molar-refractivity contribution is -0.330. The predicted molar refractivity (Wildman–Crippen MR) is 62.1 cm³/mol. The van der Waals surface area contributed by atoms with Crippen LogP contribution in [0.2, 0.25) is 0 Å². The largest absolute Gasteiger partial charge is 0.460 e. The second kappa shape index (κ2) is 5.01. The van der Waals surface area contributed by atoms with E-state index in [1.165, 1.54) is 13.8 Å². The summed E-state index contributed by atoms with van der Waals surface area (Å²) in [5, 5.41) is -5.32. The fourth-order valence-corrected chi connectivity index (χ4v) is 2.38. The molecule has 1 rings (SSSR count). The van der Waals surface area contributed by atoms with E-state index >= 15 is 0 Å². The Bertz CT molecular complexity index is 487. The number of nitrogen functional groups attached to an aromatic ring is 1. The van der Waals surface area contributed by atoms with Crippen molar-refractivity contribution < 1.29 is 30.7 Å². The first-order valence-corrected chi connectivity index (χ1v) is 5.99. The van der Waals surface area contributed by atoms with Gasteiger partial charge in [-0.1, -0.05) is 0 Å². The minimum absolute atomic E-state index is 0.264. The minimum Gasteiger partial charge on any atom is -0.398 e. The Balaban J connectivity index is 3.15. The summed E-state index contributed by atoms with van der Waals surface area (Å²) in [6.07, 6.45) is -6.33. The van der Waals surface area contributed by atoms with Crippen LogP contribution in [0.1, 0.15) is 11.1 Å². The quantitative estimate of drug-likeness (QED) is 0.493. The topological polar surface area (TPSA) is 26.0 Å². The van der Waals surface area contributed by atoms with Gasteiger partial charge in [0.15, 0.2) is 0 Å². The van der Waals surface area contributed by atoms with Gasteiger partial charge in [-0.05, 0) is 48.9 Å². The Morgan fingerprint density at radius 1 is 0.900 bits per heavy atom. The van der Waals surface area contributed by atoms with E-state index in [9.17, 15) is 30.7 Å². The average Bonchev–Trinajstić information content (AvgIpc) is 2.23. The minimum atomic E-state index is -6.33. The first-order chi connectivity index (χ1) is 8.79. The Morgan fingerprint density at radius 2 is 1.30 bits per heavy atom. The molecule has 9 heteroatoms. The van der Waals surface area contributed by atoms with E-state index in [1.807, 2.05) is 0 Å². The molecule has 0 radical (unpaired) electrons. The van der Waals surface area contributed by atoms with Gasteiger partial charge in [0.1, 0.15) is 0 Å². The lowest BCUT2D eigenvalue weighted by Crippen LogP contribution is -2.49. The second-order valence-electron chi connectivity index (χ2n) is 4.16. The number of aryl methyl sites for hydroxylation is 2. The molecular weight excluding hydrogens is 311 g/mol. The molecule has 1 nitrogen and oxygen atoms in total. The SMILES string of the molecule is Cc1cc(SC(F)(F)C(F)(F)C(F)(F)F)cc(C)c1N. The van der Waals surface area contributed by atoms with Gasteiger partial charge in [-0.25, -0.2) is 0 Å². The number of halogens is 7. The lowest BCUT2D eigenvalue weighted by Gasteiger charge is -2.27. The Labute approximate surface area is 114 Å². The van der Waals surface area contributed by atoms with Gasteiger partial charge in [0.05, 0.1) is 0 Å². The third kappa shape index (κ3) is 2.97. The van der Waals surface area contributed by atoms with Crippen molar-refractivity contribution in [2.75, 3.05) is 5.73 Å². The Hall–Kier alpha value is -1.12. The molecule has 0 aliphatic carbocycles. The fourth-order valence-electron chi connectivity index (χ4n) is 1.37. The molecule has 0 unspecified atom stereocenters. The van der Waals surface area contributed by atoms with Crippen molar-refractivity contribution in [3.63, 3.8) is 0 Å². The van der Waals surface area contributed by atoms with Crippen LogP contribution in [-0.4, -0.2) is 17.4 Å². The van der Waals surface area contributed by atoms with Crippen molar-refractivity contribution in [2.24, 2.45) is 0 Å². The zero-order valence-corrected chi connectivity index (χ0v) is 11.1. The van der Waals surface area contributed by atoms with E-state index < -0.39 is 34.0 Å². The third-order valence-electron chi connectivity index (χ3n) is 2.53. The molecule has 0 saturated carbocycles. The highest BCUT2D eigenvalue weighted by Crippen LogP contribution is 2.54. The summed E-state index contributed by atoms with van der Waals surface area (Å²) in [7, 11) is 0. The summed E-state index contributed by atoms with van der Waals surface area (Å²) in [5.41, 5.74) is 6.45. The van der Waals surface area contributed by atoms with E-state index in [0.717, 1.165) is 12.1 Å². The number of rotatable bonds is 3. The number of nitrogens with two attached hydrogens (primary N) is 1. The van der Waals surface area contributed by atoms with Crippen molar-refractivity contribution in [2.45, 2.75) is 36.1 Å². The summed E-state index contributed by atoms with van der Waals surface area (Å²) < 4.78 is 87.9. The van der Waals surface area contributed by atoms with E-state index in [2.05, 4.69) is 0 Å². The molecule has 0 aliphatic rings. The van der Waals surface area contributed by atoms with Crippen LogP contribution < -0.4 is 5.73 Å². The van der Waals surface area contributed by atoms with Crippen LogP contribution in [0.4, 0.5) is 36.4 Å². The first-order valence-electron chi connectivity index (χ1n) is 5.17. The fraction of sp³-hybridized carbons (Fsp3) is 0.455. The molecule has 1 aromatic carbocycles. The number of thioether (sulfide) groups is 1. The van der Waals surface area contributed by atoms with Crippen LogP contribution in [0.25, 0.3) is 0 Å². The van der Waals surface area contributed by atoms with E-state index in [-0.39, 0.29) is 5.69 Å². The molecule has 0 atom stereocenters. The molecule has 0 heterocycles. The standard InChI is InChI=1S/C11H10F7NS/c1-5-3-7(4-6(2)8(5)19)20-11(17,18)9(12,13)10(14,15)16/h3-4H,19H2,1-2H3. The summed E-state index contributed by atoms with van der Waals surface area (Å²) in [6.45, 7) is 2.87. The lowest BCUT2D eigenvalue weighted by atomic mass is 10.1. The maximum atomic E-state index is 13.2. The normalized spacial score (nSPS) is 13.7. The van der Waals surface area contributed by atoms with Gasteiger partial charge < -0.3 is 5.73 Å². The van der Waals surface area contributed by atoms with E-state index in [4.69, 9.17) is 5.73 Å². The van der Waals surface area contributed by atoms with Crippen LogP contribution >= 0.6 is 11.8 Å². The van der Waals surface area contributed by atoms with Crippen molar-refractivity contribution in [3.8, 4) is 0 Å². The molecule has 0 aliphatic heterocycles. The van der Waals surface area contributed by atoms with Crippen LogP contribution in [0.3, 0.4) is 0 Å². The molecule has 0 fully saturated rings. The van der Waals surface area contributed by atoms with E-state index in [0.29, 0.717) is 11.1 Å². The summed E-state index contributed by atoms with van der Waals surface area (Å²) in [6, 6.07) is 2.07. The van der Waals surface area contributed by atoms with Crippen LogP contribution in [0.5, 0.6) is 0 Å². The van der Waals surface area contributed by atoms with Crippen molar-refractivity contribution in [1.82, 2.24) is 0 Å². The molecule has 1 aromatic rings. The molecule has 0 aromatic heterocycles. The summed E-state index contributed by atoms with van der Waals surface area (Å²) in [5.74, 6) is -6.13. The number of alkyl halides is 7. The van der Waals surface area contributed by atoms with Gasteiger partial charge in [0.2, 0.25) is 0 Å². The second-order valence-corrected chi connectivity index (χ2v) is 5.35. The van der Waals surface area contributed by atoms with Gasteiger partial charge in [0.25, 0.3) is 0 Å². The van der Waals surface area contributed by atoms with Crippen LogP contribution in [0, 0.1) is 13.8 Å². The van der Waals surface area contributed by atoms with Crippen molar-refractivity contribution in [3.05, 3.63) is 23.3 Å². The van der Waals surface area contributed by atoms with Crippen LogP contribution in [0.15, 0.2) is 17.0 Å². The maximum Gasteiger partial charge on any atom is 0.460 e. The zero-order chi connectivity index (χ0) is 15.9. The Morgan fingerprint density at radius 3 is 1.65 bits per heavy atom. The van der Waals surface area contributed by atoms with Gasteiger partial charge in [0, 0.05) is 10.6 Å². The van der Waals surface area contributed by atoms with Gasteiger partial charge in [-0.3, -0.25) is 0 Å². The first kappa shape index (κ1) is 16.9. The maximum absolute atomic E-state index is 13.2. The number of anilines is 1. The summed E-state index contributed by atoms with van der Waals surface area (Å²) >= 11 is -0.842. The number of hydrogen-bond acceptors (Lipinski definition) is 2.